The summed E-state index contributed by atoms with van der Waals surface area (Å²) in [7, 11) is 3.93. The molecule has 1 aliphatic heterocycles. The molecule has 8 heteroatoms. The minimum atomic E-state index is -0.108. The normalized spacial score (nSPS) is 15.2. The summed E-state index contributed by atoms with van der Waals surface area (Å²) in [4.78, 5) is 21.7. The fourth-order valence-corrected chi connectivity index (χ4v) is 3.69. The molecule has 0 saturated carbocycles. The average molecular weight is 360 g/mol. The number of anilines is 2. The lowest BCUT2D eigenvalue weighted by molar-refractivity contribution is 0.0951. The Morgan fingerprint density at radius 1 is 1.32 bits per heavy atom. The van der Waals surface area contributed by atoms with Crippen molar-refractivity contribution in [1.29, 1.82) is 0 Å². The van der Waals surface area contributed by atoms with Gasteiger partial charge in [0.15, 0.2) is 0 Å². The number of pyridine rings is 1. The number of hydrogen-bond acceptors (Lipinski definition) is 7. The molecule has 1 aliphatic rings. The highest BCUT2D eigenvalue weighted by molar-refractivity contribution is 7.10. The SMILES string of the molecule is CNc1snc(C)c1C(=O)NCc1cccnc1N1CCN(C)CC1. The van der Waals surface area contributed by atoms with Crippen molar-refractivity contribution in [3.63, 3.8) is 0 Å². The van der Waals surface area contributed by atoms with Gasteiger partial charge in [-0.2, -0.15) is 4.37 Å². The van der Waals surface area contributed by atoms with Crippen LogP contribution in [0.25, 0.3) is 0 Å². The molecule has 1 fully saturated rings. The quantitative estimate of drug-likeness (QED) is 0.843. The second-order valence-electron chi connectivity index (χ2n) is 6.18. The fraction of sp³-hybridized carbons (Fsp3) is 0.471. The van der Waals surface area contributed by atoms with Crippen LogP contribution < -0.4 is 15.5 Å². The van der Waals surface area contributed by atoms with Crippen LogP contribution >= 0.6 is 11.5 Å². The number of nitrogens with one attached hydrogen (secondary N) is 2. The molecule has 3 heterocycles. The van der Waals surface area contributed by atoms with Gasteiger partial charge >= 0.3 is 0 Å². The van der Waals surface area contributed by atoms with Gasteiger partial charge in [-0.25, -0.2) is 4.98 Å². The first-order valence-electron chi connectivity index (χ1n) is 8.39. The molecule has 0 unspecified atom stereocenters. The van der Waals surface area contributed by atoms with Gasteiger partial charge in [-0.15, -0.1) is 0 Å². The molecule has 2 N–H and O–H groups in total. The van der Waals surface area contributed by atoms with E-state index in [2.05, 4.69) is 36.8 Å². The number of piperazine rings is 1. The van der Waals surface area contributed by atoms with Crippen molar-refractivity contribution in [2.75, 3.05) is 50.5 Å². The molecular formula is C17H24N6OS. The van der Waals surface area contributed by atoms with Gasteiger partial charge in [0.25, 0.3) is 5.91 Å². The van der Waals surface area contributed by atoms with Gasteiger partial charge < -0.3 is 20.4 Å². The number of amides is 1. The molecule has 2 aromatic rings. The highest BCUT2D eigenvalue weighted by Crippen LogP contribution is 2.24. The maximum Gasteiger partial charge on any atom is 0.256 e. The highest BCUT2D eigenvalue weighted by atomic mass is 32.1. The molecule has 0 atom stereocenters. The number of hydrogen-bond donors (Lipinski definition) is 2. The summed E-state index contributed by atoms with van der Waals surface area (Å²) in [6.45, 7) is 6.25. The maximum absolute atomic E-state index is 12.6. The first-order chi connectivity index (χ1) is 12.1. The van der Waals surface area contributed by atoms with Crippen molar-refractivity contribution in [3.8, 4) is 0 Å². The minimum Gasteiger partial charge on any atom is -0.378 e. The van der Waals surface area contributed by atoms with Crippen molar-refractivity contribution in [2.45, 2.75) is 13.5 Å². The molecule has 0 bridgehead atoms. The molecule has 0 aromatic carbocycles. The number of carbonyl (C=O) groups is 1. The third-order valence-corrected chi connectivity index (χ3v) is 5.38. The number of aryl methyl sites for hydroxylation is 1. The summed E-state index contributed by atoms with van der Waals surface area (Å²) in [5.41, 5.74) is 2.40. The van der Waals surface area contributed by atoms with Crippen molar-refractivity contribution in [3.05, 3.63) is 35.2 Å². The standard InChI is InChI=1S/C17H24N6OS/c1-12-14(17(18-2)25-21-12)16(24)20-11-13-5-4-6-19-15(13)23-9-7-22(3)8-10-23/h4-6,18H,7-11H2,1-3H3,(H,20,24). The van der Waals surface area contributed by atoms with E-state index in [9.17, 15) is 4.79 Å². The maximum atomic E-state index is 12.6. The number of carbonyl (C=O) groups excluding carboxylic acids is 1. The van der Waals surface area contributed by atoms with E-state index < -0.39 is 0 Å². The predicted octanol–water partition coefficient (Wildman–Crippen LogP) is 1.57. The Hall–Kier alpha value is -2.19. The summed E-state index contributed by atoms with van der Waals surface area (Å²) in [6, 6.07) is 3.94. The Bertz CT molecular complexity index is 738. The third-order valence-electron chi connectivity index (χ3n) is 4.43. The molecule has 7 nitrogen and oxygen atoms in total. The van der Waals surface area contributed by atoms with Gasteiger partial charge in [0.1, 0.15) is 10.8 Å². The van der Waals surface area contributed by atoms with E-state index in [0.717, 1.165) is 48.3 Å². The Morgan fingerprint density at radius 2 is 2.08 bits per heavy atom. The molecule has 134 valence electrons. The van der Waals surface area contributed by atoms with E-state index in [1.165, 1.54) is 11.5 Å². The summed E-state index contributed by atoms with van der Waals surface area (Å²) in [5.74, 6) is 0.855. The molecule has 3 rings (SSSR count). The second-order valence-corrected chi connectivity index (χ2v) is 6.95. The third kappa shape index (κ3) is 3.91. The van der Waals surface area contributed by atoms with Gasteiger partial charge in [-0.1, -0.05) is 6.07 Å². The monoisotopic (exact) mass is 360 g/mol. The number of likely N-dealkylation sites (N-methyl/N-ethyl adjacent to an activating group) is 1. The van der Waals surface area contributed by atoms with Crippen molar-refractivity contribution < 1.29 is 4.79 Å². The fourth-order valence-electron chi connectivity index (χ4n) is 2.94. The van der Waals surface area contributed by atoms with Crippen LogP contribution in [-0.4, -0.2) is 60.4 Å². The van der Waals surface area contributed by atoms with E-state index in [1.807, 2.05) is 25.3 Å². The Balaban J connectivity index is 1.71. The van der Waals surface area contributed by atoms with E-state index in [0.29, 0.717) is 12.1 Å². The van der Waals surface area contributed by atoms with E-state index >= 15 is 0 Å². The smallest absolute Gasteiger partial charge is 0.256 e. The summed E-state index contributed by atoms with van der Waals surface area (Å²) in [6.07, 6.45) is 1.81. The van der Waals surface area contributed by atoms with E-state index in [-0.39, 0.29) is 5.91 Å². The van der Waals surface area contributed by atoms with Crippen molar-refractivity contribution >= 4 is 28.3 Å². The number of nitrogens with zero attached hydrogens (tertiary/aromatic N) is 4. The van der Waals surface area contributed by atoms with Crippen molar-refractivity contribution in [1.82, 2.24) is 19.6 Å². The first-order valence-corrected chi connectivity index (χ1v) is 9.17. The van der Waals surface area contributed by atoms with Gasteiger partial charge in [-0.3, -0.25) is 4.79 Å². The zero-order valence-corrected chi connectivity index (χ0v) is 15.7. The van der Waals surface area contributed by atoms with Crippen LogP contribution in [-0.2, 0) is 6.54 Å². The molecule has 25 heavy (non-hydrogen) atoms. The van der Waals surface area contributed by atoms with Gasteiger partial charge in [-0.05, 0) is 31.6 Å². The van der Waals surface area contributed by atoms with Crippen molar-refractivity contribution in [2.24, 2.45) is 0 Å². The van der Waals surface area contributed by atoms with Gasteiger partial charge in [0.2, 0.25) is 0 Å². The van der Waals surface area contributed by atoms with Crippen LogP contribution in [0.5, 0.6) is 0 Å². The topological polar surface area (TPSA) is 73.4 Å². The molecule has 0 spiro atoms. The second kappa shape index (κ2) is 7.79. The molecular weight excluding hydrogens is 336 g/mol. The lowest BCUT2D eigenvalue weighted by atomic mass is 10.2. The number of rotatable bonds is 5. The van der Waals surface area contributed by atoms with Crippen LogP contribution in [0.1, 0.15) is 21.6 Å². The highest BCUT2D eigenvalue weighted by Gasteiger charge is 2.20. The zero-order chi connectivity index (χ0) is 17.8. The first kappa shape index (κ1) is 17.6. The van der Waals surface area contributed by atoms with Gasteiger partial charge in [0, 0.05) is 51.5 Å². The molecule has 1 saturated heterocycles. The van der Waals surface area contributed by atoms with Crippen LogP contribution in [0.15, 0.2) is 18.3 Å². The molecule has 0 aliphatic carbocycles. The van der Waals surface area contributed by atoms with Crippen LogP contribution in [0.4, 0.5) is 10.8 Å². The predicted molar refractivity (Wildman–Crippen MR) is 102 cm³/mol. The Morgan fingerprint density at radius 3 is 2.80 bits per heavy atom. The van der Waals surface area contributed by atoms with Crippen LogP contribution in [0.3, 0.4) is 0 Å². The summed E-state index contributed by atoms with van der Waals surface area (Å²) >= 11 is 1.31. The van der Waals surface area contributed by atoms with E-state index in [4.69, 9.17) is 0 Å². The molecule has 1 amide bonds. The lowest BCUT2D eigenvalue weighted by Crippen LogP contribution is -2.45. The Labute approximate surface area is 152 Å². The number of aromatic nitrogens is 2. The Kier molecular flexibility index (Phi) is 5.50. The zero-order valence-electron chi connectivity index (χ0n) is 14.9. The summed E-state index contributed by atoms with van der Waals surface area (Å²) in [5, 5.41) is 6.84. The summed E-state index contributed by atoms with van der Waals surface area (Å²) < 4.78 is 4.25. The largest absolute Gasteiger partial charge is 0.378 e. The van der Waals surface area contributed by atoms with Crippen LogP contribution in [0, 0.1) is 6.92 Å². The average Bonchev–Trinajstić information content (AvgIpc) is 3.01. The minimum absolute atomic E-state index is 0.108. The van der Waals surface area contributed by atoms with Gasteiger partial charge in [0.05, 0.1) is 11.3 Å². The van der Waals surface area contributed by atoms with Crippen LogP contribution in [0.2, 0.25) is 0 Å². The molecule has 2 aromatic heterocycles. The molecule has 0 radical (unpaired) electrons. The lowest BCUT2D eigenvalue weighted by Gasteiger charge is -2.34. The van der Waals surface area contributed by atoms with E-state index in [1.54, 1.807) is 7.05 Å².